The third-order valence-electron chi connectivity index (χ3n) is 6.24. The topological polar surface area (TPSA) is 119 Å². The van der Waals surface area contributed by atoms with E-state index in [2.05, 4.69) is 16.8 Å². The predicted octanol–water partition coefficient (Wildman–Crippen LogP) is 3.90. The largest absolute Gasteiger partial charge is 0.457 e. The van der Waals surface area contributed by atoms with E-state index in [0.717, 1.165) is 30.6 Å². The van der Waals surface area contributed by atoms with E-state index in [0.29, 0.717) is 35.4 Å². The second kappa shape index (κ2) is 9.46. The van der Waals surface area contributed by atoms with E-state index in [1.807, 2.05) is 54.6 Å². The van der Waals surface area contributed by atoms with E-state index in [1.54, 1.807) is 9.58 Å². The monoisotopic (exact) mass is 470 g/mol. The molecule has 1 atom stereocenters. The first-order valence-corrected chi connectivity index (χ1v) is 11.6. The number of anilines is 1. The number of carbonyl (C=O) groups is 1. The molecule has 0 saturated carbocycles. The molecule has 1 amide bonds. The van der Waals surface area contributed by atoms with E-state index >= 15 is 0 Å². The van der Waals surface area contributed by atoms with Crippen LogP contribution < -0.4 is 16.0 Å². The van der Waals surface area contributed by atoms with Gasteiger partial charge in [0.1, 0.15) is 22.7 Å². The van der Waals surface area contributed by atoms with Crippen LogP contribution in [0.3, 0.4) is 0 Å². The van der Waals surface area contributed by atoms with Gasteiger partial charge >= 0.3 is 0 Å². The summed E-state index contributed by atoms with van der Waals surface area (Å²) < 4.78 is 7.61. The van der Waals surface area contributed by atoms with E-state index in [4.69, 9.17) is 15.6 Å². The van der Waals surface area contributed by atoms with E-state index in [1.165, 1.54) is 6.08 Å². The third kappa shape index (κ3) is 4.40. The van der Waals surface area contributed by atoms with E-state index in [9.17, 15) is 9.59 Å². The molecule has 1 aliphatic heterocycles. The SMILES string of the molecule is C=CC(=O)N1CCCCC(n2nc(-c3ccc(Oc4ccccc4)cc3)c3c(N)n[nH]c(=O)c32)C1. The van der Waals surface area contributed by atoms with Crippen LogP contribution in [-0.2, 0) is 4.79 Å². The van der Waals surface area contributed by atoms with Crippen molar-refractivity contribution >= 4 is 22.6 Å². The fourth-order valence-corrected chi connectivity index (χ4v) is 4.53. The lowest BCUT2D eigenvalue weighted by Crippen LogP contribution is -2.34. The van der Waals surface area contributed by atoms with Gasteiger partial charge in [-0.3, -0.25) is 14.3 Å². The Balaban J connectivity index is 1.56. The minimum Gasteiger partial charge on any atom is -0.457 e. The lowest BCUT2D eigenvalue weighted by atomic mass is 10.1. The number of hydrogen-bond donors (Lipinski definition) is 2. The molecule has 0 aliphatic carbocycles. The minimum absolute atomic E-state index is 0.127. The van der Waals surface area contributed by atoms with Crippen LogP contribution in [0.15, 0.2) is 72.0 Å². The summed E-state index contributed by atoms with van der Waals surface area (Å²) in [5, 5.41) is 11.8. The maximum Gasteiger partial charge on any atom is 0.290 e. The number of nitrogens with zero attached hydrogens (tertiary/aromatic N) is 4. The summed E-state index contributed by atoms with van der Waals surface area (Å²) in [6.45, 7) is 4.70. The second-order valence-electron chi connectivity index (χ2n) is 8.53. The van der Waals surface area contributed by atoms with Crippen molar-refractivity contribution < 1.29 is 9.53 Å². The van der Waals surface area contributed by atoms with Crippen molar-refractivity contribution in [1.82, 2.24) is 24.9 Å². The molecule has 1 fully saturated rings. The Hall–Kier alpha value is -4.40. The molecular formula is C26H26N6O3. The van der Waals surface area contributed by atoms with Gasteiger partial charge in [-0.25, -0.2) is 5.10 Å². The van der Waals surface area contributed by atoms with Gasteiger partial charge in [-0.1, -0.05) is 24.8 Å². The van der Waals surface area contributed by atoms with E-state index in [-0.39, 0.29) is 23.3 Å². The lowest BCUT2D eigenvalue weighted by molar-refractivity contribution is -0.126. The van der Waals surface area contributed by atoms with Gasteiger partial charge in [0.25, 0.3) is 5.56 Å². The number of likely N-dealkylation sites (tertiary alicyclic amines) is 1. The summed E-state index contributed by atoms with van der Waals surface area (Å²) in [4.78, 5) is 27.0. The number of fused-ring (bicyclic) bond motifs is 1. The van der Waals surface area contributed by atoms with Gasteiger partial charge < -0.3 is 15.4 Å². The van der Waals surface area contributed by atoms with Crippen molar-refractivity contribution in [3.63, 3.8) is 0 Å². The van der Waals surface area contributed by atoms with Crippen LogP contribution in [0, 0.1) is 0 Å². The summed E-state index contributed by atoms with van der Waals surface area (Å²) in [6.07, 6.45) is 3.89. The Morgan fingerprint density at radius 2 is 1.86 bits per heavy atom. The Kier molecular flexibility index (Phi) is 6.05. The Morgan fingerprint density at radius 1 is 1.11 bits per heavy atom. The fourth-order valence-electron chi connectivity index (χ4n) is 4.53. The standard InChI is InChI=1S/C26H26N6O3/c1-2-21(33)31-15-7-6-8-18(16-31)32-24-22(25(27)28-29-26(24)34)23(30-32)17-11-13-20(14-12-17)35-19-9-4-3-5-10-19/h2-5,9-14,18H,1,6-8,15-16H2,(H2,27,28)(H,29,34). The highest BCUT2D eigenvalue weighted by molar-refractivity contribution is 5.99. The molecule has 5 rings (SSSR count). The summed E-state index contributed by atoms with van der Waals surface area (Å²) >= 11 is 0. The van der Waals surface area contributed by atoms with Gasteiger partial charge in [0, 0.05) is 18.7 Å². The van der Waals surface area contributed by atoms with Gasteiger partial charge in [0.05, 0.1) is 11.4 Å². The molecule has 1 aliphatic rings. The average Bonchev–Trinajstić information content (AvgIpc) is 3.13. The fraction of sp³-hybridized carbons (Fsp3) is 0.231. The number of rotatable bonds is 5. The molecule has 0 bridgehead atoms. The van der Waals surface area contributed by atoms with Crippen LogP contribution in [0.5, 0.6) is 11.5 Å². The Labute approximate surface area is 201 Å². The second-order valence-corrected chi connectivity index (χ2v) is 8.53. The van der Waals surface area contributed by atoms with Gasteiger partial charge in [-0.15, -0.1) is 0 Å². The first-order valence-electron chi connectivity index (χ1n) is 11.6. The van der Waals surface area contributed by atoms with Crippen molar-refractivity contribution in [2.75, 3.05) is 18.8 Å². The number of aromatic nitrogens is 4. The van der Waals surface area contributed by atoms with E-state index < -0.39 is 0 Å². The number of hydrogen-bond acceptors (Lipinski definition) is 6. The van der Waals surface area contributed by atoms with Gasteiger partial charge in [0.15, 0.2) is 5.82 Å². The highest BCUT2D eigenvalue weighted by Gasteiger charge is 2.27. The number of nitrogens with one attached hydrogen (secondary N) is 1. The highest BCUT2D eigenvalue weighted by atomic mass is 16.5. The number of aromatic amines is 1. The smallest absolute Gasteiger partial charge is 0.290 e. The number of benzene rings is 2. The summed E-state index contributed by atoms with van der Waals surface area (Å²) in [5.41, 5.74) is 7.55. The minimum atomic E-state index is -0.372. The third-order valence-corrected chi connectivity index (χ3v) is 6.24. The number of amides is 1. The molecule has 4 aromatic rings. The first kappa shape index (κ1) is 22.4. The molecule has 9 heteroatoms. The van der Waals surface area contributed by atoms with Crippen LogP contribution in [0.25, 0.3) is 22.2 Å². The molecule has 2 aromatic carbocycles. The zero-order valence-electron chi connectivity index (χ0n) is 19.2. The number of nitrogen functional groups attached to an aromatic ring is 1. The molecule has 3 N–H and O–H groups in total. The van der Waals surface area contributed by atoms with Crippen LogP contribution in [0.1, 0.15) is 25.3 Å². The molecule has 1 unspecified atom stereocenters. The quantitative estimate of drug-likeness (QED) is 0.427. The van der Waals surface area contributed by atoms with Crippen LogP contribution >= 0.6 is 0 Å². The molecule has 0 spiro atoms. The predicted molar refractivity (Wildman–Crippen MR) is 134 cm³/mol. The van der Waals surface area contributed by atoms with Crippen molar-refractivity contribution in [3.8, 4) is 22.8 Å². The Morgan fingerprint density at radius 3 is 2.60 bits per heavy atom. The maximum absolute atomic E-state index is 12.9. The van der Waals surface area contributed by atoms with Crippen molar-refractivity contribution in [2.24, 2.45) is 0 Å². The average molecular weight is 471 g/mol. The van der Waals surface area contributed by atoms with Crippen LogP contribution in [0.2, 0.25) is 0 Å². The number of carbonyl (C=O) groups excluding carboxylic acids is 1. The molecule has 2 aromatic heterocycles. The molecule has 1 saturated heterocycles. The summed E-state index contributed by atoms with van der Waals surface area (Å²) in [7, 11) is 0. The van der Waals surface area contributed by atoms with Gasteiger partial charge in [-0.05, 0) is 61.7 Å². The molecular weight excluding hydrogens is 444 g/mol. The molecule has 0 radical (unpaired) electrons. The van der Waals surface area contributed by atoms with Gasteiger partial charge in [-0.2, -0.15) is 10.2 Å². The molecule has 35 heavy (non-hydrogen) atoms. The number of H-pyrrole nitrogens is 1. The normalized spacial score (nSPS) is 16.1. The maximum atomic E-state index is 12.9. The molecule has 3 heterocycles. The van der Waals surface area contributed by atoms with Crippen LogP contribution in [0.4, 0.5) is 5.82 Å². The molecule has 9 nitrogen and oxygen atoms in total. The number of para-hydroxylation sites is 1. The van der Waals surface area contributed by atoms with Crippen molar-refractivity contribution in [3.05, 3.63) is 77.6 Å². The first-order chi connectivity index (χ1) is 17.0. The van der Waals surface area contributed by atoms with Gasteiger partial charge in [0.2, 0.25) is 5.91 Å². The zero-order valence-corrected chi connectivity index (χ0v) is 19.2. The van der Waals surface area contributed by atoms with Crippen molar-refractivity contribution in [1.29, 1.82) is 0 Å². The lowest BCUT2D eigenvalue weighted by Gasteiger charge is -2.24. The number of ether oxygens (including phenoxy) is 1. The molecule has 178 valence electrons. The van der Waals surface area contributed by atoms with Crippen molar-refractivity contribution in [2.45, 2.75) is 25.3 Å². The number of nitrogens with two attached hydrogens (primary N) is 1. The summed E-state index contributed by atoms with van der Waals surface area (Å²) in [6, 6.07) is 16.8. The highest BCUT2D eigenvalue weighted by Crippen LogP contribution is 2.34. The zero-order chi connectivity index (χ0) is 24.4. The summed E-state index contributed by atoms with van der Waals surface area (Å²) in [5.74, 6) is 1.48. The Bertz CT molecular complexity index is 1430. The van der Waals surface area contributed by atoms with Crippen LogP contribution in [-0.4, -0.2) is 43.9 Å².